The molecule has 152 valence electrons. The first-order valence-corrected chi connectivity index (χ1v) is 9.73. The molecule has 3 aromatic rings. The van der Waals surface area contributed by atoms with E-state index in [9.17, 15) is 0 Å². The van der Waals surface area contributed by atoms with Gasteiger partial charge in [-0.25, -0.2) is 15.0 Å². The lowest BCUT2D eigenvalue weighted by Gasteiger charge is -2.60. The van der Waals surface area contributed by atoms with E-state index in [-0.39, 0.29) is 5.69 Å². The van der Waals surface area contributed by atoms with Crippen LogP contribution in [0, 0.1) is 16.7 Å². The summed E-state index contributed by atoms with van der Waals surface area (Å²) in [6.45, 7) is 4.58. The number of imidazole rings is 1. The summed E-state index contributed by atoms with van der Waals surface area (Å²) in [6.07, 6.45) is 6.51. The molecule has 2 aliphatic rings. The van der Waals surface area contributed by atoms with Crippen molar-refractivity contribution in [2.24, 2.45) is 5.41 Å². The first kappa shape index (κ1) is 18.4. The molecular formula is C21H22N8O. The highest BCUT2D eigenvalue weighted by molar-refractivity contribution is 5.62. The van der Waals surface area contributed by atoms with Gasteiger partial charge in [0.1, 0.15) is 29.8 Å². The Bertz CT molecular complexity index is 1100. The predicted molar refractivity (Wildman–Crippen MR) is 112 cm³/mol. The Morgan fingerprint density at radius 3 is 2.60 bits per heavy atom. The minimum Gasteiger partial charge on any atom is -0.494 e. The Kier molecular flexibility index (Phi) is 4.29. The maximum absolute atomic E-state index is 8.82. The van der Waals surface area contributed by atoms with Gasteiger partial charge in [-0.1, -0.05) is 0 Å². The molecule has 0 aliphatic carbocycles. The second kappa shape index (κ2) is 7.00. The van der Waals surface area contributed by atoms with Crippen LogP contribution in [0.15, 0.2) is 43.1 Å². The maximum atomic E-state index is 8.82. The van der Waals surface area contributed by atoms with Crippen molar-refractivity contribution in [3.63, 3.8) is 0 Å². The fourth-order valence-electron chi connectivity index (χ4n) is 4.42. The molecule has 1 N–H and O–H groups in total. The van der Waals surface area contributed by atoms with Crippen LogP contribution in [0.2, 0.25) is 0 Å². The molecule has 0 atom stereocenters. The molecule has 0 amide bonds. The van der Waals surface area contributed by atoms with Crippen LogP contribution in [-0.4, -0.2) is 64.8 Å². The van der Waals surface area contributed by atoms with Crippen molar-refractivity contribution in [2.75, 3.05) is 50.6 Å². The van der Waals surface area contributed by atoms with Crippen LogP contribution >= 0.6 is 0 Å². The molecule has 2 aliphatic heterocycles. The maximum Gasteiger partial charge on any atom is 0.158 e. The van der Waals surface area contributed by atoms with Crippen LogP contribution < -0.4 is 15.0 Å². The zero-order valence-corrected chi connectivity index (χ0v) is 16.9. The Hall–Kier alpha value is -3.64. The Balaban J connectivity index is 1.31. The number of aromatic nitrogens is 4. The van der Waals surface area contributed by atoms with Crippen LogP contribution in [0.5, 0.6) is 5.75 Å². The zero-order valence-electron chi connectivity index (χ0n) is 16.9. The summed E-state index contributed by atoms with van der Waals surface area (Å²) < 4.78 is 7.57. The summed E-state index contributed by atoms with van der Waals surface area (Å²) in [6, 6.07) is 8.22. The number of anilines is 3. The third-order valence-corrected chi connectivity index (χ3v) is 5.67. The fourth-order valence-corrected chi connectivity index (χ4v) is 4.42. The van der Waals surface area contributed by atoms with Crippen molar-refractivity contribution in [1.82, 2.24) is 24.4 Å². The van der Waals surface area contributed by atoms with E-state index in [1.54, 1.807) is 13.4 Å². The average Bonchev–Trinajstić information content (AvgIpc) is 3.18. The van der Waals surface area contributed by atoms with E-state index in [0.717, 1.165) is 24.5 Å². The number of nitriles is 1. The van der Waals surface area contributed by atoms with E-state index in [4.69, 9.17) is 10.00 Å². The lowest BCUT2D eigenvalue weighted by molar-refractivity contribution is -0.00240. The van der Waals surface area contributed by atoms with E-state index < -0.39 is 0 Å². The number of hydrogen-bond acceptors (Lipinski definition) is 8. The summed E-state index contributed by atoms with van der Waals surface area (Å²) in [4.78, 5) is 17.3. The normalized spacial score (nSPS) is 17.2. The van der Waals surface area contributed by atoms with E-state index in [2.05, 4.69) is 55.3 Å². The predicted octanol–water partition coefficient (Wildman–Crippen LogP) is 2.04. The number of hydrogen-bond donors (Lipinski definition) is 1. The highest BCUT2D eigenvalue weighted by Gasteiger charge is 2.50. The fraction of sp³-hybridized carbons (Fsp3) is 0.333. The van der Waals surface area contributed by atoms with Crippen LogP contribution in [0.25, 0.3) is 5.69 Å². The molecule has 2 aromatic heterocycles. The van der Waals surface area contributed by atoms with Crippen molar-refractivity contribution < 1.29 is 4.74 Å². The van der Waals surface area contributed by atoms with Gasteiger partial charge in [-0.05, 0) is 19.2 Å². The Labute approximate surface area is 174 Å². The second-order valence-corrected chi connectivity index (χ2v) is 8.07. The van der Waals surface area contributed by atoms with Gasteiger partial charge in [0.25, 0.3) is 0 Å². The van der Waals surface area contributed by atoms with Crippen LogP contribution in [0.3, 0.4) is 0 Å². The minimum absolute atomic E-state index is 0.272. The zero-order chi connectivity index (χ0) is 20.7. The van der Waals surface area contributed by atoms with Crippen molar-refractivity contribution in [1.29, 1.82) is 5.26 Å². The number of nitrogens with zero attached hydrogens (tertiary/aromatic N) is 7. The van der Waals surface area contributed by atoms with E-state index in [1.807, 2.05) is 16.8 Å². The number of methoxy groups -OCH3 is 1. The molecule has 1 spiro atoms. The monoisotopic (exact) mass is 402 g/mol. The van der Waals surface area contributed by atoms with Gasteiger partial charge in [0, 0.05) is 43.3 Å². The topological polar surface area (TPSA) is 95.1 Å². The SMILES string of the molecule is COc1cc(N2CC3(CN(C)C3)C2)ccc1-n1cnc(Nc2cnc(C#N)cn2)c1. The number of nitrogens with one attached hydrogen (secondary N) is 1. The summed E-state index contributed by atoms with van der Waals surface area (Å²) in [5.41, 5.74) is 2.85. The smallest absolute Gasteiger partial charge is 0.158 e. The van der Waals surface area contributed by atoms with Gasteiger partial charge in [-0.2, -0.15) is 5.26 Å². The first-order valence-electron chi connectivity index (χ1n) is 9.73. The molecule has 0 unspecified atom stereocenters. The molecule has 1 aromatic carbocycles. The van der Waals surface area contributed by atoms with Gasteiger partial charge in [0.15, 0.2) is 5.69 Å². The Morgan fingerprint density at radius 1 is 1.10 bits per heavy atom. The highest BCUT2D eigenvalue weighted by atomic mass is 16.5. The summed E-state index contributed by atoms with van der Waals surface area (Å²) >= 11 is 0. The van der Waals surface area contributed by atoms with Crippen molar-refractivity contribution in [3.05, 3.63) is 48.8 Å². The molecule has 9 nitrogen and oxygen atoms in total. The molecule has 0 bridgehead atoms. The van der Waals surface area contributed by atoms with Crippen molar-refractivity contribution >= 4 is 17.3 Å². The lowest BCUT2D eigenvalue weighted by atomic mass is 9.73. The molecule has 0 radical (unpaired) electrons. The van der Waals surface area contributed by atoms with Gasteiger partial charge in [-0.15, -0.1) is 0 Å². The molecule has 2 fully saturated rings. The number of rotatable bonds is 5. The summed E-state index contributed by atoms with van der Waals surface area (Å²) in [5, 5.41) is 11.9. The quantitative estimate of drug-likeness (QED) is 0.693. The molecule has 2 saturated heterocycles. The number of ether oxygens (including phenoxy) is 1. The summed E-state index contributed by atoms with van der Waals surface area (Å²) in [7, 11) is 3.86. The van der Waals surface area contributed by atoms with Gasteiger partial charge < -0.3 is 24.4 Å². The van der Waals surface area contributed by atoms with Crippen LogP contribution in [0.4, 0.5) is 17.3 Å². The molecule has 5 rings (SSSR count). The lowest BCUT2D eigenvalue weighted by Crippen LogP contribution is -2.71. The Morgan fingerprint density at radius 2 is 1.93 bits per heavy atom. The van der Waals surface area contributed by atoms with Gasteiger partial charge in [0.05, 0.1) is 31.4 Å². The molecular weight excluding hydrogens is 380 g/mol. The molecule has 9 heteroatoms. The van der Waals surface area contributed by atoms with Crippen LogP contribution in [-0.2, 0) is 0 Å². The number of benzene rings is 1. The van der Waals surface area contributed by atoms with E-state index in [1.165, 1.54) is 31.2 Å². The second-order valence-electron chi connectivity index (χ2n) is 8.07. The highest BCUT2D eigenvalue weighted by Crippen LogP contribution is 2.42. The first-order chi connectivity index (χ1) is 14.6. The van der Waals surface area contributed by atoms with E-state index in [0.29, 0.717) is 17.1 Å². The minimum atomic E-state index is 0.272. The van der Waals surface area contributed by atoms with Gasteiger partial charge >= 0.3 is 0 Å². The van der Waals surface area contributed by atoms with Crippen LogP contribution in [0.1, 0.15) is 5.69 Å². The van der Waals surface area contributed by atoms with E-state index >= 15 is 0 Å². The third-order valence-electron chi connectivity index (χ3n) is 5.67. The molecule has 0 saturated carbocycles. The van der Waals surface area contributed by atoms with Crippen molar-refractivity contribution in [3.8, 4) is 17.5 Å². The summed E-state index contributed by atoms with van der Waals surface area (Å²) in [5.74, 6) is 1.94. The standard InChI is InChI=1S/C21H22N8O/c1-27-10-21(11-27)12-29(13-21)16-3-4-17(18(5-16)30-2)28-9-20(25-14-28)26-19-8-23-15(6-22)7-24-19/h3-5,7-9,14H,10-13H2,1-2H3,(H,24,26). The average molecular weight is 402 g/mol. The van der Waals surface area contributed by atoms with Gasteiger partial charge in [-0.3, -0.25) is 0 Å². The van der Waals surface area contributed by atoms with Gasteiger partial charge in [0.2, 0.25) is 0 Å². The third kappa shape index (κ3) is 3.21. The number of likely N-dealkylation sites (tertiary alicyclic amines) is 1. The van der Waals surface area contributed by atoms with Crippen molar-refractivity contribution in [2.45, 2.75) is 0 Å². The molecule has 4 heterocycles. The largest absolute Gasteiger partial charge is 0.494 e. The molecule has 30 heavy (non-hydrogen) atoms.